The Labute approximate surface area is 123 Å². The average molecular weight is 299 g/mol. The number of rotatable bonds is 8. The monoisotopic (exact) mass is 299 g/mol. The summed E-state index contributed by atoms with van der Waals surface area (Å²) in [6.07, 6.45) is 2.91. The number of nitrogen functional groups attached to an aromatic ring is 1. The van der Waals surface area contributed by atoms with E-state index in [9.17, 15) is 0 Å². The molecule has 0 atom stereocenters. The van der Waals surface area contributed by atoms with E-state index in [1.165, 1.54) is 11.3 Å². The first-order valence-electron chi connectivity index (χ1n) is 6.28. The number of anilines is 2. The van der Waals surface area contributed by atoms with Crippen molar-refractivity contribution in [2.45, 2.75) is 25.2 Å². The van der Waals surface area contributed by atoms with E-state index in [1.807, 2.05) is 6.26 Å². The number of nitriles is 1. The summed E-state index contributed by atoms with van der Waals surface area (Å²) in [7, 11) is 0. The van der Waals surface area contributed by atoms with Crippen LogP contribution in [0.5, 0.6) is 0 Å². The predicted molar refractivity (Wildman–Crippen MR) is 84.0 cm³/mol. The quantitative estimate of drug-likeness (QED) is 0.568. The summed E-state index contributed by atoms with van der Waals surface area (Å²) in [5.41, 5.74) is 6.51. The second-order valence-electron chi connectivity index (χ2n) is 4.57. The molecule has 0 unspecified atom stereocenters. The molecule has 3 N–H and O–H groups in total. The van der Waals surface area contributed by atoms with Gasteiger partial charge in [0.15, 0.2) is 0 Å². The second-order valence-corrected chi connectivity index (χ2v) is 6.41. The minimum atomic E-state index is 0.575. The largest absolute Gasteiger partial charge is 0.396 e. The third-order valence-electron chi connectivity index (χ3n) is 2.41. The zero-order valence-corrected chi connectivity index (χ0v) is 13.3. The number of thiophene rings is 1. The van der Waals surface area contributed by atoms with Crippen LogP contribution < -0.4 is 11.1 Å². The van der Waals surface area contributed by atoms with Gasteiger partial charge >= 0.3 is 0 Å². The minimum absolute atomic E-state index is 0.575. The Morgan fingerprint density at radius 2 is 2.26 bits per heavy atom. The lowest BCUT2D eigenvalue weighted by Gasteiger charge is -2.08. The van der Waals surface area contributed by atoms with Crippen LogP contribution in [0.3, 0.4) is 0 Å². The van der Waals surface area contributed by atoms with Gasteiger partial charge in [0.1, 0.15) is 15.9 Å². The van der Waals surface area contributed by atoms with E-state index >= 15 is 0 Å². The first kappa shape index (κ1) is 16.2. The number of nitrogens with zero attached hydrogens (tertiary/aromatic N) is 1. The van der Waals surface area contributed by atoms with Crippen molar-refractivity contribution >= 4 is 33.8 Å². The van der Waals surface area contributed by atoms with Gasteiger partial charge in [-0.05, 0) is 18.6 Å². The highest BCUT2D eigenvalue weighted by molar-refractivity contribution is 7.99. The van der Waals surface area contributed by atoms with Gasteiger partial charge in [0.25, 0.3) is 0 Å². The summed E-state index contributed by atoms with van der Waals surface area (Å²) >= 11 is 2.99. The molecule has 1 aromatic heterocycles. The van der Waals surface area contributed by atoms with Crippen LogP contribution in [0.15, 0.2) is 4.90 Å². The van der Waals surface area contributed by atoms with Crippen LogP contribution >= 0.6 is 23.1 Å². The van der Waals surface area contributed by atoms with Crippen molar-refractivity contribution in [1.82, 2.24) is 0 Å². The van der Waals surface area contributed by atoms with E-state index in [-0.39, 0.29) is 0 Å². The molecule has 0 radical (unpaired) electrons. The average Bonchev–Trinajstić information content (AvgIpc) is 2.69. The van der Waals surface area contributed by atoms with Crippen molar-refractivity contribution in [2.75, 3.05) is 37.1 Å². The van der Waals surface area contributed by atoms with Gasteiger partial charge in [0.2, 0.25) is 0 Å². The summed E-state index contributed by atoms with van der Waals surface area (Å²) < 4.78 is 5.52. The molecule has 0 aliphatic heterocycles. The smallest absolute Gasteiger partial charge is 0.131 e. The molecule has 106 valence electrons. The van der Waals surface area contributed by atoms with Crippen molar-refractivity contribution in [3.05, 3.63) is 4.88 Å². The predicted octanol–water partition coefficient (Wildman–Crippen LogP) is 3.40. The van der Waals surface area contributed by atoms with Gasteiger partial charge < -0.3 is 15.8 Å². The van der Waals surface area contributed by atoms with Crippen LogP contribution in [-0.4, -0.2) is 26.0 Å². The number of hydrogen-bond donors (Lipinski definition) is 2. The van der Waals surface area contributed by atoms with Gasteiger partial charge in [0, 0.05) is 19.8 Å². The van der Waals surface area contributed by atoms with Gasteiger partial charge in [-0.1, -0.05) is 13.8 Å². The third-order valence-corrected chi connectivity index (χ3v) is 4.44. The van der Waals surface area contributed by atoms with Gasteiger partial charge in [-0.25, -0.2) is 0 Å². The molecule has 0 amide bonds. The van der Waals surface area contributed by atoms with Crippen LogP contribution in [0.1, 0.15) is 25.1 Å². The second kappa shape index (κ2) is 8.31. The number of thioether (sulfide) groups is 1. The van der Waals surface area contributed by atoms with Crippen molar-refractivity contribution in [1.29, 1.82) is 5.26 Å². The van der Waals surface area contributed by atoms with E-state index in [0.29, 0.717) is 16.5 Å². The summed E-state index contributed by atoms with van der Waals surface area (Å²) in [6, 6.07) is 2.13. The van der Waals surface area contributed by atoms with Crippen molar-refractivity contribution in [3.63, 3.8) is 0 Å². The van der Waals surface area contributed by atoms with Gasteiger partial charge in [-0.15, -0.1) is 23.1 Å². The molecule has 0 saturated heterocycles. The van der Waals surface area contributed by atoms with Crippen LogP contribution in [-0.2, 0) is 4.74 Å². The molecule has 0 aliphatic rings. The Kier molecular flexibility index (Phi) is 7.06. The van der Waals surface area contributed by atoms with Crippen molar-refractivity contribution < 1.29 is 4.74 Å². The molecule has 0 spiro atoms. The minimum Gasteiger partial charge on any atom is -0.396 e. The van der Waals surface area contributed by atoms with Crippen LogP contribution in [0.25, 0.3) is 0 Å². The maximum atomic E-state index is 8.97. The molecule has 4 nitrogen and oxygen atoms in total. The highest BCUT2D eigenvalue weighted by Gasteiger charge is 2.14. The Balaban J connectivity index is 2.39. The molecule has 6 heteroatoms. The number of nitrogens with two attached hydrogens (primary N) is 1. The molecule has 0 fully saturated rings. The maximum absolute atomic E-state index is 8.97. The molecule has 0 saturated carbocycles. The van der Waals surface area contributed by atoms with E-state index in [1.54, 1.807) is 11.8 Å². The lowest BCUT2D eigenvalue weighted by Crippen LogP contribution is -2.08. The Hall–Kier alpha value is -0.900. The number of ether oxygens (including phenoxy) is 1. The first-order chi connectivity index (χ1) is 9.10. The molecule has 0 aliphatic carbocycles. The van der Waals surface area contributed by atoms with Crippen molar-refractivity contribution in [2.24, 2.45) is 5.92 Å². The first-order valence-corrected chi connectivity index (χ1v) is 8.32. The zero-order chi connectivity index (χ0) is 14.3. The highest BCUT2D eigenvalue weighted by atomic mass is 32.2. The van der Waals surface area contributed by atoms with Gasteiger partial charge in [-0.3, -0.25) is 0 Å². The van der Waals surface area contributed by atoms with Crippen molar-refractivity contribution in [3.8, 4) is 6.07 Å². The fraction of sp³-hybridized carbons (Fsp3) is 0.615. The molecule has 0 aromatic carbocycles. The lowest BCUT2D eigenvalue weighted by atomic mass is 10.2. The van der Waals surface area contributed by atoms with Gasteiger partial charge in [0.05, 0.1) is 10.6 Å². The molecule has 1 aromatic rings. The van der Waals surface area contributed by atoms with Crippen LogP contribution in [0.4, 0.5) is 10.7 Å². The Morgan fingerprint density at radius 3 is 2.84 bits per heavy atom. The fourth-order valence-electron chi connectivity index (χ4n) is 1.53. The summed E-state index contributed by atoms with van der Waals surface area (Å²) in [4.78, 5) is 1.56. The van der Waals surface area contributed by atoms with Crippen LogP contribution in [0, 0.1) is 17.2 Å². The molecular weight excluding hydrogens is 278 g/mol. The number of nitrogens with one attached hydrogen (secondary N) is 1. The Bertz CT molecular complexity index is 438. The summed E-state index contributed by atoms with van der Waals surface area (Å²) in [6.45, 7) is 6.67. The SMILES string of the molecule is CSc1c(NCCCOCC(C)C)sc(C#N)c1N. The standard InChI is InChI=1S/C13H21N3OS2/c1-9(2)8-17-6-4-5-16-13-12(18-3)11(15)10(7-14)19-13/h9,16H,4-6,8,15H2,1-3H3. The van der Waals surface area contributed by atoms with E-state index in [0.717, 1.165) is 36.1 Å². The Morgan fingerprint density at radius 1 is 1.53 bits per heavy atom. The molecular formula is C13H21N3OS2. The van der Waals surface area contributed by atoms with E-state index in [4.69, 9.17) is 15.7 Å². The third kappa shape index (κ3) is 4.94. The van der Waals surface area contributed by atoms with E-state index in [2.05, 4.69) is 25.2 Å². The molecule has 1 rings (SSSR count). The zero-order valence-electron chi connectivity index (χ0n) is 11.7. The van der Waals surface area contributed by atoms with E-state index < -0.39 is 0 Å². The fourth-order valence-corrected chi connectivity index (χ4v) is 3.38. The maximum Gasteiger partial charge on any atom is 0.131 e. The summed E-state index contributed by atoms with van der Waals surface area (Å²) in [5.74, 6) is 0.575. The lowest BCUT2D eigenvalue weighted by molar-refractivity contribution is 0.110. The normalized spacial score (nSPS) is 10.7. The van der Waals surface area contributed by atoms with Gasteiger partial charge in [-0.2, -0.15) is 5.26 Å². The van der Waals surface area contributed by atoms with Crippen LogP contribution in [0.2, 0.25) is 0 Å². The molecule has 19 heavy (non-hydrogen) atoms. The molecule has 1 heterocycles. The summed E-state index contributed by atoms with van der Waals surface area (Å²) in [5, 5.41) is 13.3. The topological polar surface area (TPSA) is 71.1 Å². The highest BCUT2D eigenvalue weighted by Crippen LogP contribution is 2.41. The molecule has 0 bridgehead atoms. The number of hydrogen-bond acceptors (Lipinski definition) is 6.